The Hall–Kier alpha value is -2.56. The first kappa shape index (κ1) is 13.4. The van der Waals surface area contributed by atoms with E-state index >= 15 is 0 Å². The van der Waals surface area contributed by atoms with Crippen LogP contribution in [0.1, 0.15) is 0 Å². The zero-order valence-corrected chi connectivity index (χ0v) is 11.5. The van der Waals surface area contributed by atoms with Crippen LogP contribution in [0, 0.1) is 0 Å². The molecule has 108 valence electrons. The summed E-state index contributed by atoms with van der Waals surface area (Å²) >= 11 is 0. The van der Waals surface area contributed by atoms with Gasteiger partial charge in [-0.1, -0.05) is 36.4 Å². The molecule has 5 nitrogen and oxygen atoms in total. The van der Waals surface area contributed by atoms with E-state index in [0.29, 0.717) is 18.8 Å². The van der Waals surface area contributed by atoms with Crippen LogP contribution >= 0.6 is 0 Å². The molecule has 0 unspecified atom stereocenters. The lowest BCUT2D eigenvalue weighted by molar-refractivity contribution is -0.139. The summed E-state index contributed by atoms with van der Waals surface area (Å²) in [5, 5.41) is 4.74. The smallest absolute Gasteiger partial charge is 0.261 e. The lowest BCUT2D eigenvalue weighted by Crippen LogP contribution is -2.51. The van der Waals surface area contributed by atoms with E-state index in [1.807, 2.05) is 42.5 Å². The van der Waals surface area contributed by atoms with Gasteiger partial charge >= 0.3 is 0 Å². The van der Waals surface area contributed by atoms with Crippen molar-refractivity contribution in [2.45, 2.75) is 0 Å². The number of amides is 2. The van der Waals surface area contributed by atoms with Gasteiger partial charge in [-0.15, -0.1) is 0 Å². The molecule has 0 atom stereocenters. The third-order valence-corrected chi connectivity index (χ3v) is 3.49. The van der Waals surface area contributed by atoms with Crippen LogP contribution in [0.5, 0.6) is 5.75 Å². The van der Waals surface area contributed by atoms with Crippen molar-refractivity contribution in [3.8, 4) is 5.75 Å². The van der Waals surface area contributed by atoms with Gasteiger partial charge in [0.05, 0.1) is 6.54 Å². The Morgan fingerprint density at radius 3 is 2.86 bits per heavy atom. The molecule has 0 bridgehead atoms. The number of hydrogen-bond donors (Lipinski definition) is 1. The fourth-order valence-corrected chi connectivity index (χ4v) is 2.40. The van der Waals surface area contributed by atoms with Crippen molar-refractivity contribution in [1.82, 2.24) is 10.2 Å². The van der Waals surface area contributed by atoms with Crippen LogP contribution in [0.4, 0.5) is 0 Å². The van der Waals surface area contributed by atoms with Gasteiger partial charge in [-0.25, -0.2) is 0 Å². The SMILES string of the molecule is O=C1CN(C(=O)COc2cccc3ccccc23)CCN1. The highest BCUT2D eigenvalue weighted by molar-refractivity contribution is 5.89. The third-order valence-electron chi connectivity index (χ3n) is 3.49. The van der Waals surface area contributed by atoms with Crippen LogP contribution in [-0.2, 0) is 9.59 Å². The monoisotopic (exact) mass is 284 g/mol. The Balaban J connectivity index is 1.69. The van der Waals surface area contributed by atoms with E-state index in [4.69, 9.17) is 4.74 Å². The van der Waals surface area contributed by atoms with Crippen LogP contribution in [0.2, 0.25) is 0 Å². The van der Waals surface area contributed by atoms with E-state index in [1.54, 1.807) is 0 Å². The zero-order valence-electron chi connectivity index (χ0n) is 11.5. The molecule has 2 aromatic carbocycles. The van der Waals surface area contributed by atoms with Crippen molar-refractivity contribution < 1.29 is 14.3 Å². The van der Waals surface area contributed by atoms with E-state index in [-0.39, 0.29) is 25.0 Å². The van der Waals surface area contributed by atoms with Gasteiger partial charge in [0.1, 0.15) is 5.75 Å². The maximum Gasteiger partial charge on any atom is 0.261 e. The fourth-order valence-electron chi connectivity index (χ4n) is 2.40. The summed E-state index contributed by atoms with van der Waals surface area (Å²) in [5.41, 5.74) is 0. The van der Waals surface area contributed by atoms with Crippen molar-refractivity contribution in [2.75, 3.05) is 26.2 Å². The number of hydrogen-bond acceptors (Lipinski definition) is 3. The van der Waals surface area contributed by atoms with Gasteiger partial charge in [0.2, 0.25) is 5.91 Å². The number of carbonyl (C=O) groups is 2. The third kappa shape index (κ3) is 2.97. The Labute approximate surface area is 122 Å². The van der Waals surface area contributed by atoms with Gasteiger partial charge in [0.25, 0.3) is 5.91 Å². The van der Waals surface area contributed by atoms with E-state index in [2.05, 4.69) is 5.32 Å². The number of benzene rings is 2. The highest BCUT2D eigenvalue weighted by Gasteiger charge is 2.21. The van der Waals surface area contributed by atoms with E-state index < -0.39 is 0 Å². The number of fused-ring (bicyclic) bond motifs is 1. The summed E-state index contributed by atoms with van der Waals surface area (Å²) in [6.07, 6.45) is 0. The molecule has 0 aromatic heterocycles. The zero-order chi connectivity index (χ0) is 14.7. The predicted octanol–water partition coefficient (Wildman–Crippen LogP) is 1.18. The molecular formula is C16H16N2O3. The maximum absolute atomic E-state index is 12.1. The lowest BCUT2D eigenvalue weighted by atomic mass is 10.1. The standard InChI is InChI=1S/C16H16N2O3/c19-15-10-18(9-8-17-15)16(20)11-21-14-7-3-5-12-4-1-2-6-13(12)14/h1-7H,8-11H2,(H,17,19). The molecule has 1 N–H and O–H groups in total. The minimum absolute atomic E-state index is 0.0543. The molecular weight excluding hydrogens is 268 g/mol. The summed E-state index contributed by atoms with van der Waals surface area (Å²) in [7, 11) is 0. The number of ether oxygens (including phenoxy) is 1. The topological polar surface area (TPSA) is 58.6 Å². The van der Waals surface area contributed by atoms with Crippen LogP contribution in [0.3, 0.4) is 0 Å². The fraction of sp³-hybridized carbons (Fsp3) is 0.250. The first-order chi connectivity index (χ1) is 10.2. The van der Waals surface area contributed by atoms with Crippen LogP contribution in [0.25, 0.3) is 10.8 Å². The van der Waals surface area contributed by atoms with Crippen LogP contribution in [0.15, 0.2) is 42.5 Å². The number of piperazine rings is 1. The molecule has 1 saturated heterocycles. The molecule has 3 rings (SSSR count). The van der Waals surface area contributed by atoms with Crippen LogP contribution < -0.4 is 10.1 Å². The predicted molar refractivity (Wildman–Crippen MR) is 79.0 cm³/mol. The molecule has 21 heavy (non-hydrogen) atoms. The van der Waals surface area contributed by atoms with E-state index in [9.17, 15) is 9.59 Å². The van der Waals surface area contributed by atoms with Crippen LogP contribution in [-0.4, -0.2) is 43.0 Å². The summed E-state index contributed by atoms with van der Waals surface area (Å²) in [6.45, 7) is 1.08. The van der Waals surface area contributed by atoms with Crippen molar-refractivity contribution in [3.05, 3.63) is 42.5 Å². The molecule has 1 aliphatic rings. The molecule has 1 fully saturated rings. The second-order valence-electron chi connectivity index (χ2n) is 4.93. The molecule has 1 aliphatic heterocycles. The highest BCUT2D eigenvalue weighted by Crippen LogP contribution is 2.25. The number of nitrogens with one attached hydrogen (secondary N) is 1. The summed E-state index contributed by atoms with van der Waals surface area (Å²) in [5.74, 6) is 0.389. The van der Waals surface area contributed by atoms with E-state index in [0.717, 1.165) is 10.8 Å². The Kier molecular flexibility index (Phi) is 3.73. The number of rotatable bonds is 3. The van der Waals surface area contributed by atoms with Gasteiger partial charge in [-0.05, 0) is 11.5 Å². The quantitative estimate of drug-likeness (QED) is 0.920. The number of nitrogens with zero attached hydrogens (tertiary/aromatic N) is 1. The number of carbonyl (C=O) groups excluding carboxylic acids is 2. The molecule has 1 heterocycles. The van der Waals surface area contributed by atoms with Gasteiger partial charge in [0, 0.05) is 18.5 Å². The maximum atomic E-state index is 12.1. The summed E-state index contributed by atoms with van der Waals surface area (Å²) < 4.78 is 5.65. The Morgan fingerprint density at radius 1 is 1.19 bits per heavy atom. The second-order valence-corrected chi connectivity index (χ2v) is 4.93. The molecule has 5 heteroatoms. The van der Waals surface area contributed by atoms with Crippen molar-refractivity contribution in [1.29, 1.82) is 0 Å². The molecule has 0 radical (unpaired) electrons. The minimum Gasteiger partial charge on any atom is -0.483 e. The molecule has 2 aromatic rings. The van der Waals surface area contributed by atoms with E-state index in [1.165, 1.54) is 4.90 Å². The van der Waals surface area contributed by atoms with Gasteiger partial charge in [0.15, 0.2) is 6.61 Å². The molecule has 0 spiro atoms. The average molecular weight is 284 g/mol. The molecule has 0 saturated carbocycles. The largest absolute Gasteiger partial charge is 0.483 e. The average Bonchev–Trinajstić information content (AvgIpc) is 2.52. The van der Waals surface area contributed by atoms with Crippen molar-refractivity contribution >= 4 is 22.6 Å². The Bertz CT molecular complexity index is 679. The van der Waals surface area contributed by atoms with Gasteiger partial charge in [-0.2, -0.15) is 0 Å². The Morgan fingerprint density at radius 2 is 2.00 bits per heavy atom. The molecule has 0 aliphatic carbocycles. The van der Waals surface area contributed by atoms with Gasteiger partial charge < -0.3 is 15.0 Å². The minimum atomic E-state index is -0.169. The highest BCUT2D eigenvalue weighted by atomic mass is 16.5. The first-order valence-corrected chi connectivity index (χ1v) is 6.89. The normalized spacial score (nSPS) is 14.9. The summed E-state index contributed by atoms with van der Waals surface area (Å²) in [4.78, 5) is 24.9. The first-order valence-electron chi connectivity index (χ1n) is 6.89. The van der Waals surface area contributed by atoms with Crippen molar-refractivity contribution in [2.24, 2.45) is 0 Å². The summed E-state index contributed by atoms with van der Waals surface area (Å²) in [6, 6.07) is 13.6. The molecule has 2 amide bonds. The second kappa shape index (κ2) is 5.83. The lowest BCUT2D eigenvalue weighted by Gasteiger charge is -2.26. The van der Waals surface area contributed by atoms with Crippen molar-refractivity contribution in [3.63, 3.8) is 0 Å². The van der Waals surface area contributed by atoms with Gasteiger partial charge in [-0.3, -0.25) is 9.59 Å².